The number of amides is 1. The molecule has 0 saturated heterocycles. The first-order chi connectivity index (χ1) is 15.9. The summed E-state index contributed by atoms with van der Waals surface area (Å²) in [7, 11) is 1.55. The Bertz CT molecular complexity index is 1110. The molecule has 0 radical (unpaired) electrons. The van der Waals surface area contributed by atoms with E-state index in [9.17, 15) is 14.9 Å². The first kappa shape index (κ1) is 24.3. The number of hydrogen-bond donors (Lipinski definition) is 1. The van der Waals surface area contributed by atoms with Crippen LogP contribution in [0, 0.1) is 17.2 Å². The third-order valence-electron chi connectivity index (χ3n) is 5.38. The van der Waals surface area contributed by atoms with Crippen LogP contribution >= 0.6 is 11.3 Å². The maximum Gasteiger partial charge on any atom is 0.341 e. The predicted octanol–water partition coefficient (Wildman–Crippen LogP) is 5.00. The first-order valence-electron chi connectivity index (χ1n) is 11.0. The lowest BCUT2D eigenvalue weighted by Gasteiger charge is -2.18. The lowest BCUT2D eigenvalue weighted by atomic mass is 9.88. The van der Waals surface area contributed by atoms with Crippen LogP contribution in [0.4, 0.5) is 5.00 Å². The van der Waals surface area contributed by atoms with Crippen molar-refractivity contribution in [3.63, 3.8) is 0 Å². The molecule has 1 aliphatic rings. The van der Waals surface area contributed by atoms with E-state index in [4.69, 9.17) is 14.2 Å². The minimum absolute atomic E-state index is 0.0860. The number of carbonyl (C=O) groups excluding carboxylic acids is 2. The molecule has 1 N–H and O–H groups in total. The van der Waals surface area contributed by atoms with Crippen molar-refractivity contribution in [3.8, 4) is 17.6 Å². The van der Waals surface area contributed by atoms with Crippen molar-refractivity contribution < 1.29 is 23.8 Å². The van der Waals surface area contributed by atoms with Gasteiger partial charge >= 0.3 is 5.97 Å². The number of benzene rings is 1. The number of methoxy groups -OCH3 is 1. The van der Waals surface area contributed by atoms with Crippen LogP contribution in [0.1, 0.15) is 53.6 Å². The third-order valence-corrected chi connectivity index (χ3v) is 6.55. The summed E-state index contributed by atoms with van der Waals surface area (Å²) in [5.41, 5.74) is 1.90. The average Bonchev–Trinajstić information content (AvgIpc) is 3.14. The Balaban J connectivity index is 1.92. The van der Waals surface area contributed by atoms with E-state index in [0.29, 0.717) is 40.2 Å². The van der Waals surface area contributed by atoms with Gasteiger partial charge in [0.25, 0.3) is 5.91 Å². The molecule has 174 valence electrons. The molecule has 0 bridgehead atoms. The summed E-state index contributed by atoms with van der Waals surface area (Å²) in [6, 6.07) is 7.13. The quantitative estimate of drug-likeness (QED) is 0.333. The van der Waals surface area contributed by atoms with Crippen LogP contribution in [0.15, 0.2) is 23.8 Å². The Hall–Kier alpha value is -3.31. The number of ether oxygens (including phenoxy) is 3. The molecule has 7 nitrogen and oxygen atoms in total. The number of rotatable bonds is 8. The van der Waals surface area contributed by atoms with E-state index in [1.165, 1.54) is 17.4 Å². The zero-order valence-electron chi connectivity index (χ0n) is 19.3. The molecule has 1 aromatic carbocycles. The van der Waals surface area contributed by atoms with E-state index < -0.39 is 11.9 Å². The van der Waals surface area contributed by atoms with Crippen LogP contribution in [0.2, 0.25) is 0 Å². The Labute approximate surface area is 198 Å². The van der Waals surface area contributed by atoms with Crippen LogP contribution in [-0.2, 0) is 22.4 Å². The van der Waals surface area contributed by atoms with Gasteiger partial charge in [-0.15, -0.1) is 11.3 Å². The highest BCUT2D eigenvalue weighted by molar-refractivity contribution is 7.17. The molecule has 8 heteroatoms. The van der Waals surface area contributed by atoms with E-state index in [-0.39, 0.29) is 12.2 Å². The first-order valence-corrected chi connectivity index (χ1v) is 11.8. The molecule has 0 saturated carbocycles. The Morgan fingerprint density at radius 3 is 2.73 bits per heavy atom. The van der Waals surface area contributed by atoms with E-state index in [2.05, 4.69) is 12.2 Å². The molecule has 3 rings (SSSR count). The average molecular weight is 469 g/mol. The molecule has 0 aliphatic heterocycles. The molecular weight excluding hydrogens is 440 g/mol. The number of nitrogens with zero attached hydrogens (tertiary/aromatic N) is 1. The summed E-state index contributed by atoms with van der Waals surface area (Å²) >= 11 is 1.39. The van der Waals surface area contributed by atoms with Gasteiger partial charge in [-0.1, -0.05) is 13.0 Å². The van der Waals surface area contributed by atoms with Crippen molar-refractivity contribution >= 4 is 34.3 Å². The SMILES string of the molecule is CCOC(=O)c1c(NC(=O)/C(C#N)=C/c2ccc(OC)c(OCC)c2)sc2c1CCC(C)C2. The van der Waals surface area contributed by atoms with Crippen molar-refractivity contribution in [1.29, 1.82) is 5.26 Å². The number of thiophene rings is 1. The van der Waals surface area contributed by atoms with E-state index in [0.717, 1.165) is 29.7 Å². The highest BCUT2D eigenvalue weighted by atomic mass is 32.1. The second-order valence-electron chi connectivity index (χ2n) is 7.74. The molecule has 1 unspecified atom stereocenters. The fraction of sp³-hybridized carbons (Fsp3) is 0.400. The Morgan fingerprint density at radius 1 is 1.27 bits per heavy atom. The molecule has 0 fully saturated rings. The van der Waals surface area contributed by atoms with Gasteiger partial charge in [-0.3, -0.25) is 4.79 Å². The molecule has 1 amide bonds. The molecule has 1 aliphatic carbocycles. The van der Waals surface area contributed by atoms with Gasteiger partial charge < -0.3 is 19.5 Å². The third kappa shape index (κ3) is 5.55. The van der Waals surface area contributed by atoms with Gasteiger partial charge in [0.15, 0.2) is 11.5 Å². The Morgan fingerprint density at radius 2 is 2.06 bits per heavy atom. The number of fused-ring (bicyclic) bond motifs is 1. The van der Waals surface area contributed by atoms with Crippen LogP contribution in [0.25, 0.3) is 6.08 Å². The monoisotopic (exact) mass is 468 g/mol. The van der Waals surface area contributed by atoms with Gasteiger partial charge in [-0.2, -0.15) is 5.26 Å². The summed E-state index contributed by atoms with van der Waals surface area (Å²) in [5, 5.41) is 12.9. The zero-order valence-corrected chi connectivity index (χ0v) is 20.1. The normalized spacial score (nSPS) is 15.2. The van der Waals surface area contributed by atoms with E-state index in [1.807, 2.05) is 13.0 Å². The summed E-state index contributed by atoms with van der Waals surface area (Å²) in [6.07, 6.45) is 4.09. The van der Waals surface area contributed by atoms with Gasteiger partial charge in [0.05, 0.1) is 25.9 Å². The summed E-state index contributed by atoms with van der Waals surface area (Å²) < 4.78 is 16.1. The molecule has 33 heavy (non-hydrogen) atoms. The number of nitrogens with one attached hydrogen (secondary N) is 1. The number of esters is 1. The van der Waals surface area contributed by atoms with E-state index in [1.54, 1.807) is 32.2 Å². The van der Waals surface area contributed by atoms with Crippen LogP contribution < -0.4 is 14.8 Å². The molecule has 1 atom stereocenters. The molecule has 2 aromatic rings. The van der Waals surface area contributed by atoms with Crippen molar-refractivity contribution in [1.82, 2.24) is 0 Å². The smallest absolute Gasteiger partial charge is 0.341 e. The van der Waals surface area contributed by atoms with Crippen molar-refractivity contribution in [2.75, 3.05) is 25.6 Å². The second kappa shape index (κ2) is 11.0. The molecular formula is C25H28N2O5S. The fourth-order valence-electron chi connectivity index (χ4n) is 3.80. The number of nitriles is 1. The van der Waals surface area contributed by atoms with Gasteiger partial charge in [-0.05, 0) is 68.4 Å². The van der Waals surface area contributed by atoms with Crippen LogP contribution in [0.3, 0.4) is 0 Å². The number of anilines is 1. The largest absolute Gasteiger partial charge is 0.493 e. The zero-order chi connectivity index (χ0) is 24.0. The number of hydrogen-bond acceptors (Lipinski definition) is 7. The minimum atomic E-state index is -0.580. The highest BCUT2D eigenvalue weighted by Crippen LogP contribution is 2.40. The van der Waals surface area contributed by atoms with Crippen molar-refractivity contribution in [2.45, 2.75) is 40.0 Å². The van der Waals surface area contributed by atoms with Crippen molar-refractivity contribution in [3.05, 3.63) is 45.3 Å². The van der Waals surface area contributed by atoms with Gasteiger partial charge in [0.2, 0.25) is 0 Å². The lowest BCUT2D eigenvalue weighted by Crippen LogP contribution is -2.17. The maximum atomic E-state index is 13.0. The van der Waals surface area contributed by atoms with Gasteiger partial charge in [0.1, 0.15) is 16.6 Å². The minimum Gasteiger partial charge on any atom is -0.493 e. The Kier molecular flexibility index (Phi) is 8.12. The van der Waals surface area contributed by atoms with E-state index >= 15 is 0 Å². The van der Waals surface area contributed by atoms with Crippen LogP contribution in [0.5, 0.6) is 11.5 Å². The fourth-order valence-corrected chi connectivity index (χ4v) is 5.19. The maximum absolute atomic E-state index is 13.0. The second-order valence-corrected chi connectivity index (χ2v) is 8.85. The summed E-state index contributed by atoms with van der Waals surface area (Å²) in [5.74, 6) is 0.576. The lowest BCUT2D eigenvalue weighted by molar-refractivity contribution is -0.112. The van der Waals surface area contributed by atoms with Crippen molar-refractivity contribution in [2.24, 2.45) is 5.92 Å². The predicted molar refractivity (Wildman–Crippen MR) is 128 cm³/mol. The molecule has 0 spiro atoms. The topological polar surface area (TPSA) is 97.7 Å². The summed E-state index contributed by atoms with van der Waals surface area (Å²) in [6.45, 7) is 6.48. The van der Waals surface area contributed by atoms with Gasteiger partial charge in [0, 0.05) is 4.88 Å². The standard InChI is InChI=1S/C25H28N2O5S/c1-5-31-20-13-16(8-10-19(20)30-4)12-17(14-26)23(28)27-24-22(25(29)32-6-2)18-9-7-15(3)11-21(18)33-24/h8,10,12-13,15H,5-7,9,11H2,1-4H3,(H,27,28)/b17-12+. The molecule has 1 heterocycles. The number of carbonyl (C=O) groups is 2. The highest BCUT2D eigenvalue weighted by Gasteiger charge is 2.29. The summed E-state index contributed by atoms with van der Waals surface area (Å²) in [4.78, 5) is 26.8. The van der Waals surface area contributed by atoms with Gasteiger partial charge in [-0.25, -0.2) is 4.79 Å². The molecule has 1 aromatic heterocycles. The van der Waals surface area contributed by atoms with Crippen LogP contribution in [-0.4, -0.2) is 32.2 Å².